The first kappa shape index (κ1) is 19.0. The van der Waals surface area contributed by atoms with Gasteiger partial charge in [0.2, 0.25) is 0 Å². The first-order chi connectivity index (χ1) is 10.1. The van der Waals surface area contributed by atoms with E-state index >= 15 is 0 Å². The second kappa shape index (κ2) is 7.99. The summed E-state index contributed by atoms with van der Waals surface area (Å²) in [5.41, 5.74) is 5.36. The lowest BCUT2D eigenvalue weighted by Crippen LogP contribution is -2.02. The van der Waals surface area contributed by atoms with Crippen molar-refractivity contribution in [3.8, 4) is 11.1 Å². The quantitative estimate of drug-likeness (QED) is 0.287. The smallest absolute Gasteiger partial charge is 0.418 e. The summed E-state index contributed by atoms with van der Waals surface area (Å²) in [6, 6.07) is 15.5. The van der Waals surface area contributed by atoms with E-state index in [9.17, 15) is 17.3 Å². The predicted molar refractivity (Wildman–Crippen MR) is 93.6 cm³/mol. The van der Waals surface area contributed by atoms with Crippen LogP contribution >= 0.6 is 22.6 Å². The fourth-order valence-electron chi connectivity index (χ4n) is 1.86. The van der Waals surface area contributed by atoms with Gasteiger partial charge in [-0.2, -0.15) is 0 Å². The van der Waals surface area contributed by atoms with Crippen LogP contribution in [0.4, 0.5) is 17.3 Å². The largest absolute Gasteiger partial charge is 0.673 e. The van der Waals surface area contributed by atoms with Crippen LogP contribution in [0.2, 0.25) is 0 Å². The van der Waals surface area contributed by atoms with Gasteiger partial charge in [0.25, 0.3) is 0 Å². The first-order valence-corrected chi connectivity index (χ1v) is 7.89. The molecule has 2 aromatic rings. The summed E-state index contributed by atoms with van der Waals surface area (Å²) in [7, 11) is -6.00. The van der Waals surface area contributed by atoms with Crippen molar-refractivity contribution in [2.45, 2.75) is 26.7 Å². The van der Waals surface area contributed by atoms with Gasteiger partial charge in [-0.1, -0.05) is 49.7 Å². The minimum atomic E-state index is -6.00. The molecule has 0 spiro atoms. The molecule has 0 N–H and O–H groups in total. The average Bonchev–Trinajstić information content (AvgIpc) is 2.38. The van der Waals surface area contributed by atoms with Crippen molar-refractivity contribution < 1.29 is 17.3 Å². The van der Waals surface area contributed by atoms with Gasteiger partial charge in [0, 0.05) is 3.57 Å². The summed E-state index contributed by atoms with van der Waals surface area (Å²) in [5.74, 6) is 0.580. The highest BCUT2D eigenvalue weighted by Crippen LogP contribution is 2.29. The highest BCUT2D eigenvalue weighted by molar-refractivity contribution is 14.1. The van der Waals surface area contributed by atoms with Gasteiger partial charge >= 0.3 is 7.25 Å². The number of halogens is 5. The van der Waals surface area contributed by atoms with E-state index in [0.29, 0.717) is 5.92 Å². The molecule has 0 bridgehead atoms. The van der Waals surface area contributed by atoms with E-state index < -0.39 is 7.25 Å². The van der Waals surface area contributed by atoms with Crippen LogP contribution in [0.5, 0.6) is 0 Å². The Morgan fingerprint density at radius 1 is 0.909 bits per heavy atom. The standard InChI is InChI=1S/C16H17I.BF4/c1-11(2)14-8-9-16(17)15(10-14)13-6-4-12(3)5-7-13;2-1(3,4)5/h4-11H,1-3H3;/q;-1. The molecule has 0 amide bonds. The molecule has 0 radical (unpaired) electrons. The van der Waals surface area contributed by atoms with Crippen LogP contribution in [0.1, 0.15) is 30.9 Å². The molecule has 0 unspecified atom stereocenters. The molecule has 120 valence electrons. The van der Waals surface area contributed by atoms with Gasteiger partial charge in [-0.15, -0.1) is 0 Å². The molecule has 0 nitrogen and oxygen atoms in total. The van der Waals surface area contributed by atoms with Crippen molar-refractivity contribution in [1.82, 2.24) is 0 Å². The van der Waals surface area contributed by atoms with Crippen molar-refractivity contribution in [3.05, 3.63) is 57.2 Å². The van der Waals surface area contributed by atoms with Gasteiger partial charge in [-0.05, 0) is 64.3 Å². The molecule has 0 fully saturated rings. The second-order valence-electron chi connectivity index (χ2n) is 5.25. The van der Waals surface area contributed by atoms with E-state index in [-0.39, 0.29) is 0 Å². The Hall–Kier alpha value is -1.05. The second-order valence-corrected chi connectivity index (χ2v) is 6.42. The van der Waals surface area contributed by atoms with Gasteiger partial charge in [0.1, 0.15) is 0 Å². The maximum atomic E-state index is 9.75. The van der Waals surface area contributed by atoms with Crippen molar-refractivity contribution in [3.63, 3.8) is 0 Å². The fourth-order valence-corrected chi connectivity index (χ4v) is 2.50. The highest BCUT2D eigenvalue weighted by Gasteiger charge is 2.20. The maximum absolute atomic E-state index is 9.75. The predicted octanol–water partition coefficient (Wildman–Crippen LogP) is 6.69. The molecular formula is C16H17BF4I-. The third kappa shape index (κ3) is 6.81. The Labute approximate surface area is 142 Å². The average molecular weight is 423 g/mol. The van der Waals surface area contributed by atoms with Crippen molar-refractivity contribution in [2.24, 2.45) is 0 Å². The SMILES string of the molecule is Cc1ccc(-c2cc(C(C)C)ccc2I)cc1.F[B-](F)(F)F. The fraction of sp³-hybridized carbons (Fsp3) is 0.250. The first-order valence-electron chi connectivity index (χ1n) is 6.81. The summed E-state index contributed by atoms with van der Waals surface area (Å²) in [6.07, 6.45) is 0. The molecule has 2 rings (SSSR count). The van der Waals surface area contributed by atoms with E-state index in [1.165, 1.54) is 25.8 Å². The van der Waals surface area contributed by atoms with Crippen LogP contribution in [0.3, 0.4) is 0 Å². The molecule has 0 aliphatic rings. The van der Waals surface area contributed by atoms with E-state index in [4.69, 9.17) is 0 Å². The molecule has 6 heteroatoms. The van der Waals surface area contributed by atoms with Crippen LogP contribution in [0.25, 0.3) is 11.1 Å². The van der Waals surface area contributed by atoms with Crippen LogP contribution < -0.4 is 0 Å². The zero-order valence-electron chi connectivity index (χ0n) is 12.6. The molecule has 0 heterocycles. The third-order valence-electron chi connectivity index (χ3n) is 3.02. The Morgan fingerprint density at radius 3 is 1.86 bits per heavy atom. The minimum absolute atomic E-state index is 0.580. The number of hydrogen-bond acceptors (Lipinski definition) is 0. The zero-order valence-corrected chi connectivity index (χ0v) is 14.7. The monoisotopic (exact) mass is 423 g/mol. The van der Waals surface area contributed by atoms with E-state index in [1.807, 2.05) is 0 Å². The summed E-state index contributed by atoms with van der Waals surface area (Å²) in [4.78, 5) is 0. The number of aryl methyl sites for hydroxylation is 1. The Kier molecular flexibility index (Phi) is 6.90. The summed E-state index contributed by atoms with van der Waals surface area (Å²) in [5, 5.41) is 0. The third-order valence-corrected chi connectivity index (χ3v) is 3.96. The molecule has 22 heavy (non-hydrogen) atoms. The van der Waals surface area contributed by atoms with Crippen molar-refractivity contribution in [2.75, 3.05) is 0 Å². The van der Waals surface area contributed by atoms with Crippen LogP contribution in [0.15, 0.2) is 42.5 Å². The zero-order chi connectivity index (χ0) is 16.9. The molecule has 0 saturated heterocycles. The minimum Gasteiger partial charge on any atom is -0.418 e. The summed E-state index contributed by atoms with van der Waals surface area (Å²) in [6.45, 7) is 6.60. The maximum Gasteiger partial charge on any atom is 0.673 e. The van der Waals surface area contributed by atoms with E-state index in [2.05, 4.69) is 85.8 Å². The number of hydrogen-bond donors (Lipinski definition) is 0. The van der Waals surface area contributed by atoms with Crippen LogP contribution in [-0.4, -0.2) is 7.25 Å². The van der Waals surface area contributed by atoms with Gasteiger partial charge < -0.3 is 17.3 Å². The molecule has 0 aliphatic carbocycles. The normalized spacial score (nSPS) is 11.1. The van der Waals surface area contributed by atoms with E-state index in [0.717, 1.165) is 0 Å². The Morgan fingerprint density at radius 2 is 1.41 bits per heavy atom. The van der Waals surface area contributed by atoms with Gasteiger partial charge in [-0.3, -0.25) is 0 Å². The Bertz CT molecular complexity index is 601. The number of rotatable bonds is 2. The van der Waals surface area contributed by atoms with Gasteiger partial charge in [0.05, 0.1) is 0 Å². The van der Waals surface area contributed by atoms with E-state index in [1.54, 1.807) is 0 Å². The van der Waals surface area contributed by atoms with Crippen molar-refractivity contribution in [1.29, 1.82) is 0 Å². The number of benzene rings is 2. The topological polar surface area (TPSA) is 0 Å². The Balaban J connectivity index is 0.000000422. The lowest BCUT2D eigenvalue weighted by Gasteiger charge is -2.11. The molecule has 0 saturated carbocycles. The van der Waals surface area contributed by atoms with Gasteiger partial charge in [-0.25, -0.2) is 0 Å². The molecule has 0 atom stereocenters. The molecule has 0 aliphatic heterocycles. The molecular weight excluding hydrogens is 406 g/mol. The highest BCUT2D eigenvalue weighted by atomic mass is 127. The van der Waals surface area contributed by atoms with Gasteiger partial charge in [0.15, 0.2) is 0 Å². The lowest BCUT2D eigenvalue weighted by atomic mass is 9.97. The van der Waals surface area contributed by atoms with Crippen molar-refractivity contribution >= 4 is 29.8 Å². The summed E-state index contributed by atoms with van der Waals surface area (Å²) >= 11 is 2.41. The molecule has 2 aromatic carbocycles. The summed E-state index contributed by atoms with van der Waals surface area (Å²) < 4.78 is 40.3. The lowest BCUT2D eigenvalue weighted by molar-refractivity contribution is 0.368. The molecule has 0 aromatic heterocycles. The van der Waals surface area contributed by atoms with Crippen LogP contribution in [-0.2, 0) is 0 Å². The van der Waals surface area contributed by atoms with Crippen LogP contribution in [0, 0.1) is 10.5 Å².